The van der Waals surface area contributed by atoms with E-state index in [1.165, 1.54) is 0 Å². The second kappa shape index (κ2) is 8.24. The number of hydrogen-bond donors (Lipinski definition) is 0. The summed E-state index contributed by atoms with van der Waals surface area (Å²) in [6.45, 7) is 0.411. The highest BCUT2D eigenvalue weighted by Crippen LogP contribution is 2.55. The van der Waals surface area contributed by atoms with Crippen LogP contribution < -0.4 is 0 Å². The second-order valence-corrected chi connectivity index (χ2v) is 7.61. The third-order valence-electron chi connectivity index (χ3n) is 1.90. The molecule has 0 unspecified atom stereocenters. The van der Waals surface area contributed by atoms with Crippen molar-refractivity contribution < 1.29 is 4.57 Å². The first-order valence-electron chi connectivity index (χ1n) is 4.74. The summed E-state index contributed by atoms with van der Waals surface area (Å²) in [6, 6.07) is 0. The Labute approximate surface area is 101 Å². The minimum absolute atomic E-state index is 0.430. The van der Waals surface area contributed by atoms with E-state index in [1.54, 1.807) is 4.67 Å². The minimum Gasteiger partial charge on any atom is -0.289 e. The van der Waals surface area contributed by atoms with Crippen molar-refractivity contribution in [3.05, 3.63) is 0 Å². The van der Waals surface area contributed by atoms with Crippen LogP contribution in [-0.4, -0.2) is 35.7 Å². The van der Waals surface area contributed by atoms with Gasteiger partial charge in [0.2, 0.25) is 6.65 Å². The van der Waals surface area contributed by atoms with Crippen LogP contribution in [0.5, 0.6) is 0 Å². The molecule has 0 aliphatic heterocycles. The fraction of sp³-hybridized carbons (Fsp3) is 1.00. The van der Waals surface area contributed by atoms with Crippen LogP contribution in [0.2, 0.25) is 0 Å². The van der Waals surface area contributed by atoms with Crippen molar-refractivity contribution in [1.29, 1.82) is 0 Å². The van der Waals surface area contributed by atoms with Crippen LogP contribution in [0, 0.1) is 0 Å². The molecule has 86 valence electrons. The third-order valence-corrected chi connectivity index (χ3v) is 5.49. The van der Waals surface area contributed by atoms with E-state index in [4.69, 9.17) is 34.4 Å². The van der Waals surface area contributed by atoms with Crippen LogP contribution in [0.1, 0.15) is 19.8 Å². The van der Waals surface area contributed by atoms with Gasteiger partial charge < -0.3 is 0 Å². The molecule has 0 fully saturated rings. The Bertz CT molecular complexity index is 185. The molecule has 0 bridgehead atoms. The summed E-state index contributed by atoms with van der Waals surface area (Å²) in [6.07, 6.45) is 2.41. The summed E-state index contributed by atoms with van der Waals surface area (Å²) in [5, 5.41) is 0. The molecule has 0 aromatic rings. The normalized spacial score (nSPS) is 15.8. The fourth-order valence-electron chi connectivity index (χ4n) is 1.10. The maximum atomic E-state index is 12.0. The monoisotopic (exact) mass is 279 g/mol. The Hall–Kier alpha value is 1.06. The van der Waals surface area contributed by atoms with Crippen LogP contribution in [0.15, 0.2) is 0 Å². The standard InChI is InChI=1S/C8H17Cl3NOP/c1-2-3-8-14(11,13)12(6-4-9)7-5-10/h2-8H2,1H3/t14-/m1/s1. The first kappa shape index (κ1) is 15.1. The van der Waals surface area contributed by atoms with Crippen molar-refractivity contribution in [1.82, 2.24) is 4.67 Å². The van der Waals surface area contributed by atoms with E-state index < -0.39 is 6.65 Å². The largest absolute Gasteiger partial charge is 0.289 e. The van der Waals surface area contributed by atoms with Gasteiger partial charge in [-0.3, -0.25) is 4.57 Å². The highest BCUT2D eigenvalue weighted by atomic mass is 35.7. The summed E-state index contributed by atoms with van der Waals surface area (Å²) >= 11 is 17.2. The van der Waals surface area contributed by atoms with Crippen LogP contribution in [0.25, 0.3) is 0 Å². The van der Waals surface area contributed by atoms with Gasteiger partial charge >= 0.3 is 0 Å². The van der Waals surface area contributed by atoms with Gasteiger partial charge in [-0.25, -0.2) is 4.67 Å². The molecule has 0 aliphatic rings. The van der Waals surface area contributed by atoms with E-state index in [9.17, 15) is 4.57 Å². The van der Waals surface area contributed by atoms with Gasteiger partial charge in [0.15, 0.2) is 0 Å². The third kappa shape index (κ3) is 5.82. The Kier molecular flexibility index (Phi) is 8.86. The van der Waals surface area contributed by atoms with Gasteiger partial charge in [0.1, 0.15) is 0 Å². The van der Waals surface area contributed by atoms with Gasteiger partial charge in [0.05, 0.1) is 0 Å². The van der Waals surface area contributed by atoms with Crippen LogP contribution in [-0.2, 0) is 4.57 Å². The molecule has 0 spiro atoms. The summed E-state index contributed by atoms with van der Waals surface area (Å²) in [5.41, 5.74) is 0. The lowest BCUT2D eigenvalue weighted by atomic mass is 10.4. The number of nitrogens with zero attached hydrogens (tertiary/aromatic N) is 1. The van der Waals surface area contributed by atoms with E-state index in [0.29, 0.717) is 31.0 Å². The van der Waals surface area contributed by atoms with Crippen molar-refractivity contribution in [3.63, 3.8) is 0 Å². The molecular weight excluding hydrogens is 263 g/mol. The van der Waals surface area contributed by atoms with Gasteiger partial charge in [-0.05, 0) is 17.7 Å². The molecule has 0 amide bonds. The van der Waals surface area contributed by atoms with Gasteiger partial charge in [-0.1, -0.05) is 13.3 Å². The van der Waals surface area contributed by atoms with Crippen molar-refractivity contribution in [2.45, 2.75) is 19.8 Å². The topological polar surface area (TPSA) is 20.3 Å². The highest BCUT2D eigenvalue weighted by Gasteiger charge is 2.26. The van der Waals surface area contributed by atoms with Gasteiger partial charge in [0, 0.05) is 31.0 Å². The lowest BCUT2D eigenvalue weighted by Gasteiger charge is -2.25. The molecule has 0 radical (unpaired) electrons. The van der Waals surface area contributed by atoms with Crippen molar-refractivity contribution in [2.24, 2.45) is 0 Å². The number of halogens is 3. The zero-order chi connectivity index (χ0) is 11.0. The molecule has 1 atom stereocenters. The van der Waals surface area contributed by atoms with Crippen molar-refractivity contribution in [3.8, 4) is 0 Å². The van der Waals surface area contributed by atoms with Crippen molar-refractivity contribution >= 4 is 41.1 Å². The molecule has 0 saturated carbocycles. The highest BCUT2D eigenvalue weighted by molar-refractivity contribution is 7.87. The Morgan fingerprint density at radius 1 is 1.21 bits per heavy atom. The molecule has 0 aliphatic carbocycles. The number of hydrogen-bond acceptors (Lipinski definition) is 1. The molecule has 2 nitrogen and oxygen atoms in total. The molecule has 0 N–H and O–H groups in total. The lowest BCUT2D eigenvalue weighted by molar-refractivity contribution is 0.456. The maximum Gasteiger partial charge on any atom is 0.234 e. The average Bonchev–Trinajstić information content (AvgIpc) is 2.14. The summed E-state index contributed by atoms with van der Waals surface area (Å²) in [4.78, 5) is 0. The van der Waals surface area contributed by atoms with Gasteiger partial charge in [0.25, 0.3) is 0 Å². The molecule has 6 heteroatoms. The summed E-state index contributed by atoms with van der Waals surface area (Å²) in [5.74, 6) is 0.861. The Morgan fingerprint density at radius 3 is 2.07 bits per heavy atom. The molecule has 0 saturated heterocycles. The van der Waals surface area contributed by atoms with E-state index in [0.717, 1.165) is 12.8 Å². The number of alkyl halides is 2. The lowest BCUT2D eigenvalue weighted by Crippen LogP contribution is -2.24. The predicted molar refractivity (Wildman–Crippen MR) is 66.2 cm³/mol. The quantitative estimate of drug-likeness (QED) is 0.495. The van der Waals surface area contributed by atoms with Gasteiger partial charge in [-0.2, -0.15) is 0 Å². The zero-order valence-electron chi connectivity index (χ0n) is 8.39. The summed E-state index contributed by atoms with van der Waals surface area (Å²) in [7, 11) is 0. The average molecular weight is 281 g/mol. The molecule has 0 aromatic heterocycles. The van der Waals surface area contributed by atoms with Crippen LogP contribution >= 0.6 is 41.1 Å². The molecule has 14 heavy (non-hydrogen) atoms. The van der Waals surface area contributed by atoms with E-state index in [1.807, 2.05) is 6.92 Å². The Balaban J connectivity index is 4.21. The zero-order valence-corrected chi connectivity index (χ0v) is 11.5. The second-order valence-electron chi connectivity index (χ2n) is 3.03. The number of rotatable bonds is 8. The van der Waals surface area contributed by atoms with Gasteiger partial charge in [-0.15, -0.1) is 23.2 Å². The smallest absolute Gasteiger partial charge is 0.234 e. The van der Waals surface area contributed by atoms with Crippen LogP contribution in [0.3, 0.4) is 0 Å². The van der Waals surface area contributed by atoms with Crippen LogP contribution in [0.4, 0.5) is 0 Å². The minimum atomic E-state index is -2.72. The SMILES string of the molecule is CCCC[P@@](=O)(Cl)N(CCCl)CCCl. The summed E-state index contributed by atoms with van der Waals surface area (Å²) < 4.78 is 13.7. The maximum absolute atomic E-state index is 12.0. The fourth-order valence-corrected chi connectivity index (χ4v) is 4.34. The number of unbranched alkanes of at least 4 members (excludes halogenated alkanes) is 1. The van der Waals surface area contributed by atoms with E-state index in [2.05, 4.69) is 0 Å². The van der Waals surface area contributed by atoms with Crippen molar-refractivity contribution in [2.75, 3.05) is 31.0 Å². The van der Waals surface area contributed by atoms with E-state index in [-0.39, 0.29) is 0 Å². The predicted octanol–water partition coefficient (Wildman–Crippen LogP) is 4.00. The molecule has 0 aromatic carbocycles. The van der Waals surface area contributed by atoms with E-state index >= 15 is 0 Å². The molecular formula is C8H17Cl3NOP. The Morgan fingerprint density at radius 2 is 1.71 bits per heavy atom. The molecule has 0 heterocycles. The molecule has 0 rings (SSSR count). The first-order valence-corrected chi connectivity index (χ1v) is 8.56. The first-order chi connectivity index (χ1) is 6.58.